The summed E-state index contributed by atoms with van der Waals surface area (Å²) >= 11 is 0. The van der Waals surface area contributed by atoms with E-state index in [1.807, 2.05) is 0 Å². The molecule has 0 aromatic carbocycles. The van der Waals surface area contributed by atoms with Crippen LogP contribution in [0.2, 0.25) is 0 Å². The molecule has 0 aromatic heterocycles. The molecule has 1 saturated heterocycles. The summed E-state index contributed by atoms with van der Waals surface area (Å²) in [5.41, 5.74) is 0. The number of carboxylic acids is 1. The largest absolute Gasteiger partial charge is 0.480 e. The number of ketones is 1. The monoisotopic (exact) mass is 157 g/mol. The van der Waals surface area contributed by atoms with E-state index in [9.17, 15) is 14.4 Å². The molecule has 0 spiro atoms. The molecule has 60 valence electrons. The molecule has 1 amide bonds. The van der Waals surface area contributed by atoms with Gasteiger partial charge in [0.25, 0.3) is 5.91 Å². The first-order valence-electron chi connectivity index (χ1n) is 3.18. The standard InChI is InChI=1S/C6H7NO4/c8-4-2-1-3(6(10)11)7-5(4)9/h3H,1-2H2,(H,7,9)(H,10,11). The highest BCUT2D eigenvalue weighted by atomic mass is 16.4. The van der Waals surface area contributed by atoms with E-state index >= 15 is 0 Å². The van der Waals surface area contributed by atoms with Crippen LogP contribution in [0.25, 0.3) is 0 Å². The van der Waals surface area contributed by atoms with Crippen LogP contribution in [0.3, 0.4) is 0 Å². The summed E-state index contributed by atoms with van der Waals surface area (Å²) in [6.45, 7) is 0. The molecule has 0 saturated carbocycles. The fourth-order valence-corrected chi connectivity index (χ4v) is 0.885. The van der Waals surface area contributed by atoms with E-state index in [0.29, 0.717) is 0 Å². The van der Waals surface area contributed by atoms with E-state index in [2.05, 4.69) is 5.32 Å². The van der Waals surface area contributed by atoms with Gasteiger partial charge in [0.05, 0.1) is 0 Å². The number of aliphatic carboxylic acids is 1. The minimum Gasteiger partial charge on any atom is -0.480 e. The van der Waals surface area contributed by atoms with E-state index in [1.54, 1.807) is 0 Å². The van der Waals surface area contributed by atoms with Crippen LogP contribution in [0.5, 0.6) is 0 Å². The lowest BCUT2D eigenvalue weighted by Gasteiger charge is -2.17. The Kier molecular flexibility index (Phi) is 1.89. The topological polar surface area (TPSA) is 83.5 Å². The number of rotatable bonds is 1. The van der Waals surface area contributed by atoms with Crippen molar-refractivity contribution in [2.75, 3.05) is 0 Å². The van der Waals surface area contributed by atoms with E-state index in [0.717, 1.165) is 0 Å². The van der Waals surface area contributed by atoms with Crippen molar-refractivity contribution in [1.82, 2.24) is 5.32 Å². The maximum absolute atomic E-state index is 10.6. The predicted molar refractivity (Wildman–Crippen MR) is 33.8 cm³/mol. The number of carbonyl (C=O) groups is 3. The Morgan fingerprint density at radius 1 is 1.55 bits per heavy atom. The molecule has 0 bridgehead atoms. The number of amides is 1. The number of carbonyl (C=O) groups excluding carboxylic acids is 2. The van der Waals surface area contributed by atoms with Crippen molar-refractivity contribution in [3.05, 3.63) is 0 Å². The molecule has 1 rings (SSSR count). The maximum Gasteiger partial charge on any atom is 0.326 e. The second kappa shape index (κ2) is 2.69. The van der Waals surface area contributed by atoms with Gasteiger partial charge in [-0.25, -0.2) is 4.79 Å². The SMILES string of the molecule is O=C1CCC(C(=O)O)NC1=O. The molecule has 5 nitrogen and oxygen atoms in total. The van der Waals surface area contributed by atoms with Gasteiger partial charge >= 0.3 is 5.97 Å². The Hall–Kier alpha value is -1.39. The van der Waals surface area contributed by atoms with Crippen molar-refractivity contribution in [2.24, 2.45) is 0 Å². The molecular weight excluding hydrogens is 150 g/mol. The van der Waals surface area contributed by atoms with Crippen LogP contribution in [0.4, 0.5) is 0 Å². The Bertz CT molecular complexity index is 223. The summed E-state index contributed by atoms with van der Waals surface area (Å²) in [6.07, 6.45) is 0.225. The Labute approximate surface area is 62.4 Å². The second-order valence-electron chi connectivity index (χ2n) is 2.33. The van der Waals surface area contributed by atoms with Crippen LogP contribution in [0, 0.1) is 0 Å². The third kappa shape index (κ3) is 1.54. The van der Waals surface area contributed by atoms with Crippen molar-refractivity contribution in [3.63, 3.8) is 0 Å². The second-order valence-corrected chi connectivity index (χ2v) is 2.33. The van der Waals surface area contributed by atoms with Crippen molar-refractivity contribution in [3.8, 4) is 0 Å². The van der Waals surface area contributed by atoms with Gasteiger partial charge in [-0.2, -0.15) is 0 Å². The fraction of sp³-hybridized carbons (Fsp3) is 0.500. The molecule has 0 aromatic rings. The number of hydrogen-bond donors (Lipinski definition) is 2. The number of nitrogens with one attached hydrogen (secondary N) is 1. The molecule has 1 heterocycles. The zero-order chi connectivity index (χ0) is 8.43. The molecule has 1 fully saturated rings. The van der Waals surface area contributed by atoms with Gasteiger partial charge in [0, 0.05) is 6.42 Å². The van der Waals surface area contributed by atoms with E-state index in [4.69, 9.17) is 5.11 Å². The number of carboxylic acid groups (broad SMARTS) is 1. The summed E-state index contributed by atoms with van der Waals surface area (Å²) < 4.78 is 0. The first-order chi connectivity index (χ1) is 5.11. The Morgan fingerprint density at radius 3 is 2.64 bits per heavy atom. The van der Waals surface area contributed by atoms with Crippen LogP contribution in [0.15, 0.2) is 0 Å². The number of hydrogen-bond acceptors (Lipinski definition) is 3. The predicted octanol–water partition coefficient (Wildman–Crippen LogP) is -1.08. The minimum absolute atomic E-state index is 0.0306. The lowest BCUT2D eigenvalue weighted by Crippen LogP contribution is -2.48. The molecule has 11 heavy (non-hydrogen) atoms. The number of Topliss-reactive ketones (excluding diaryl/α,β-unsaturated/α-hetero) is 1. The van der Waals surface area contributed by atoms with Gasteiger partial charge in [-0.1, -0.05) is 0 Å². The zero-order valence-electron chi connectivity index (χ0n) is 5.66. The van der Waals surface area contributed by atoms with Crippen LogP contribution in [0.1, 0.15) is 12.8 Å². The Balaban J connectivity index is 2.60. The van der Waals surface area contributed by atoms with Crippen LogP contribution < -0.4 is 5.32 Å². The summed E-state index contributed by atoms with van der Waals surface area (Å²) in [7, 11) is 0. The van der Waals surface area contributed by atoms with E-state index in [1.165, 1.54) is 0 Å². The normalized spacial score (nSPS) is 24.5. The van der Waals surface area contributed by atoms with Crippen molar-refractivity contribution in [2.45, 2.75) is 18.9 Å². The average Bonchev–Trinajstić information content (AvgIpc) is 1.94. The highest BCUT2D eigenvalue weighted by Crippen LogP contribution is 2.04. The van der Waals surface area contributed by atoms with Gasteiger partial charge in [-0.05, 0) is 6.42 Å². The Morgan fingerprint density at radius 2 is 2.18 bits per heavy atom. The van der Waals surface area contributed by atoms with Gasteiger partial charge in [0.1, 0.15) is 6.04 Å². The highest BCUT2D eigenvalue weighted by molar-refractivity contribution is 6.37. The van der Waals surface area contributed by atoms with Crippen LogP contribution in [-0.4, -0.2) is 28.8 Å². The highest BCUT2D eigenvalue weighted by Gasteiger charge is 2.29. The number of piperidine rings is 1. The third-order valence-corrected chi connectivity index (χ3v) is 1.52. The van der Waals surface area contributed by atoms with Gasteiger partial charge in [0.2, 0.25) is 5.78 Å². The molecule has 2 N–H and O–H groups in total. The van der Waals surface area contributed by atoms with Gasteiger partial charge in [0.15, 0.2) is 0 Å². The van der Waals surface area contributed by atoms with Gasteiger partial charge in [-0.3, -0.25) is 9.59 Å². The summed E-state index contributed by atoms with van der Waals surface area (Å²) in [6, 6.07) is -0.889. The molecule has 1 atom stereocenters. The van der Waals surface area contributed by atoms with Crippen LogP contribution in [-0.2, 0) is 14.4 Å². The van der Waals surface area contributed by atoms with Crippen molar-refractivity contribution < 1.29 is 19.5 Å². The maximum atomic E-state index is 10.6. The van der Waals surface area contributed by atoms with Crippen LogP contribution >= 0.6 is 0 Å². The smallest absolute Gasteiger partial charge is 0.326 e. The summed E-state index contributed by atoms with van der Waals surface area (Å²) in [5.74, 6) is -2.42. The molecule has 1 aliphatic heterocycles. The lowest BCUT2D eigenvalue weighted by atomic mass is 10.0. The fourth-order valence-electron chi connectivity index (χ4n) is 0.885. The summed E-state index contributed by atoms with van der Waals surface area (Å²) in [5, 5.41) is 10.5. The minimum atomic E-state index is -1.09. The van der Waals surface area contributed by atoms with Crippen molar-refractivity contribution >= 4 is 17.7 Å². The molecule has 1 unspecified atom stereocenters. The summed E-state index contributed by atoms with van der Waals surface area (Å²) in [4.78, 5) is 31.4. The van der Waals surface area contributed by atoms with E-state index < -0.39 is 23.7 Å². The third-order valence-electron chi connectivity index (χ3n) is 1.52. The first kappa shape index (κ1) is 7.71. The average molecular weight is 157 g/mol. The molecular formula is C6H7NO4. The quantitative estimate of drug-likeness (QED) is 0.474. The van der Waals surface area contributed by atoms with E-state index in [-0.39, 0.29) is 12.8 Å². The van der Waals surface area contributed by atoms with Gasteiger partial charge in [-0.15, -0.1) is 0 Å². The molecule has 0 aliphatic carbocycles. The molecule has 1 aliphatic rings. The van der Waals surface area contributed by atoms with Gasteiger partial charge < -0.3 is 10.4 Å². The molecule has 5 heteroatoms. The van der Waals surface area contributed by atoms with Crippen molar-refractivity contribution in [1.29, 1.82) is 0 Å². The first-order valence-corrected chi connectivity index (χ1v) is 3.18. The lowest BCUT2D eigenvalue weighted by molar-refractivity contribution is -0.147. The zero-order valence-corrected chi connectivity index (χ0v) is 5.66. The molecule has 0 radical (unpaired) electrons.